The minimum atomic E-state index is -3.38. The molecule has 1 aliphatic rings. The van der Waals surface area contributed by atoms with E-state index in [9.17, 15) is 8.42 Å². The van der Waals surface area contributed by atoms with Crippen molar-refractivity contribution < 1.29 is 8.42 Å². The number of fused-ring (bicyclic) bond motifs is 3. The molecule has 136 valence electrons. The molecule has 0 atom stereocenters. The van der Waals surface area contributed by atoms with Crippen LogP contribution in [0.4, 0.5) is 0 Å². The highest BCUT2D eigenvalue weighted by molar-refractivity contribution is 7.99. The monoisotopic (exact) mass is 426 g/mol. The van der Waals surface area contributed by atoms with Crippen molar-refractivity contribution in [1.29, 1.82) is 0 Å². The highest BCUT2D eigenvalue weighted by Crippen LogP contribution is 2.44. The number of sulfone groups is 1. The Morgan fingerprint density at radius 1 is 1.19 bits per heavy atom. The second kappa shape index (κ2) is 6.75. The van der Waals surface area contributed by atoms with Crippen LogP contribution >= 0.6 is 35.0 Å². The van der Waals surface area contributed by atoms with Crippen LogP contribution in [0, 0.1) is 0 Å². The Balaban J connectivity index is 2.01. The van der Waals surface area contributed by atoms with Gasteiger partial charge in [0.25, 0.3) is 0 Å². The fourth-order valence-corrected chi connectivity index (χ4v) is 5.99. The van der Waals surface area contributed by atoms with E-state index in [1.54, 1.807) is 24.4 Å². The molecule has 0 radical (unpaired) electrons. The first kappa shape index (κ1) is 18.2. The van der Waals surface area contributed by atoms with Gasteiger partial charge < -0.3 is 4.57 Å². The molecular weight excluding hydrogens is 411 g/mol. The van der Waals surface area contributed by atoms with Crippen LogP contribution in [0.5, 0.6) is 0 Å². The zero-order valence-corrected chi connectivity index (χ0v) is 17.1. The van der Waals surface area contributed by atoms with E-state index in [1.807, 2.05) is 6.07 Å². The van der Waals surface area contributed by atoms with Crippen LogP contribution in [0.15, 0.2) is 45.1 Å². The summed E-state index contributed by atoms with van der Waals surface area (Å²) >= 11 is 13.9. The number of aromatic nitrogens is 2. The standard InChI is InChI=1S/C18H16Cl2N2O2S2/c1-26(23,24)15-7-8-21-18-16(15)17(13-4-2-3-9-22(13)18)25-14-6-5-11(19)10-12(14)20/h5-8,10H,2-4,9H2,1H3. The summed E-state index contributed by atoms with van der Waals surface area (Å²) in [6.07, 6.45) is 5.85. The zero-order valence-electron chi connectivity index (χ0n) is 14.0. The second-order valence-corrected chi connectivity index (χ2v) is 10.2. The lowest BCUT2D eigenvalue weighted by Gasteiger charge is -2.16. The number of benzene rings is 1. The second-order valence-electron chi connectivity index (χ2n) is 6.34. The van der Waals surface area contributed by atoms with E-state index in [1.165, 1.54) is 18.0 Å². The van der Waals surface area contributed by atoms with Gasteiger partial charge >= 0.3 is 0 Å². The van der Waals surface area contributed by atoms with Gasteiger partial charge in [-0.25, -0.2) is 13.4 Å². The zero-order chi connectivity index (χ0) is 18.5. The molecule has 26 heavy (non-hydrogen) atoms. The summed E-state index contributed by atoms with van der Waals surface area (Å²) in [5, 5.41) is 1.82. The number of pyridine rings is 1. The molecule has 0 N–H and O–H groups in total. The molecule has 0 unspecified atom stereocenters. The molecular formula is C18H16Cl2N2O2S2. The number of hydrogen-bond acceptors (Lipinski definition) is 4. The molecule has 0 amide bonds. The number of rotatable bonds is 3. The maximum atomic E-state index is 12.4. The fourth-order valence-electron chi connectivity index (χ4n) is 3.39. The quantitative estimate of drug-likeness (QED) is 0.574. The molecule has 1 aliphatic heterocycles. The highest BCUT2D eigenvalue weighted by Gasteiger charge is 2.26. The SMILES string of the molecule is CS(=O)(=O)c1ccnc2c1c(Sc1ccc(Cl)cc1Cl)c1n2CCCC1. The van der Waals surface area contributed by atoms with Crippen LogP contribution in [0.2, 0.25) is 10.0 Å². The van der Waals surface area contributed by atoms with E-state index in [-0.39, 0.29) is 0 Å². The van der Waals surface area contributed by atoms with E-state index < -0.39 is 9.84 Å². The molecule has 0 aliphatic carbocycles. The first-order valence-corrected chi connectivity index (χ1v) is 11.7. The van der Waals surface area contributed by atoms with Gasteiger partial charge in [0, 0.05) is 39.5 Å². The van der Waals surface area contributed by atoms with Gasteiger partial charge in [0.15, 0.2) is 9.84 Å². The number of nitrogens with zero attached hydrogens (tertiary/aromatic N) is 2. The van der Waals surface area contributed by atoms with Gasteiger partial charge in [-0.2, -0.15) is 0 Å². The van der Waals surface area contributed by atoms with Crippen molar-refractivity contribution in [2.75, 3.05) is 6.26 Å². The van der Waals surface area contributed by atoms with Crippen molar-refractivity contribution >= 4 is 55.8 Å². The number of halogens is 2. The predicted molar refractivity (Wildman–Crippen MR) is 106 cm³/mol. The van der Waals surface area contributed by atoms with Crippen molar-refractivity contribution in [2.24, 2.45) is 0 Å². The van der Waals surface area contributed by atoms with Crippen LogP contribution in [0.3, 0.4) is 0 Å². The summed E-state index contributed by atoms with van der Waals surface area (Å²) in [4.78, 5) is 6.59. The molecule has 4 nitrogen and oxygen atoms in total. The molecule has 3 aromatic rings. The molecule has 4 rings (SSSR count). The molecule has 0 saturated heterocycles. The van der Waals surface area contributed by atoms with Crippen molar-refractivity contribution in [3.05, 3.63) is 46.2 Å². The van der Waals surface area contributed by atoms with Gasteiger partial charge in [0.2, 0.25) is 0 Å². The molecule has 2 aromatic heterocycles. The summed E-state index contributed by atoms with van der Waals surface area (Å²) in [6, 6.07) is 6.93. The summed E-state index contributed by atoms with van der Waals surface area (Å²) in [5.41, 5.74) is 1.86. The average Bonchev–Trinajstić information content (AvgIpc) is 2.91. The number of aryl methyl sites for hydroxylation is 1. The predicted octanol–water partition coefficient (Wildman–Crippen LogP) is 5.23. The molecule has 1 aromatic carbocycles. The molecule has 8 heteroatoms. The van der Waals surface area contributed by atoms with E-state index in [0.29, 0.717) is 20.3 Å². The maximum absolute atomic E-state index is 12.4. The largest absolute Gasteiger partial charge is 0.328 e. The van der Waals surface area contributed by atoms with Crippen LogP contribution in [0.1, 0.15) is 18.5 Å². The van der Waals surface area contributed by atoms with Crippen LogP contribution < -0.4 is 0 Å². The van der Waals surface area contributed by atoms with E-state index in [0.717, 1.165) is 46.9 Å². The van der Waals surface area contributed by atoms with E-state index in [2.05, 4.69) is 9.55 Å². The molecule has 0 spiro atoms. The third-order valence-corrected chi connectivity index (χ3v) is 7.53. The van der Waals surface area contributed by atoms with Crippen molar-refractivity contribution in [2.45, 2.75) is 40.5 Å². The van der Waals surface area contributed by atoms with Gasteiger partial charge in [-0.15, -0.1) is 0 Å². The van der Waals surface area contributed by atoms with Gasteiger partial charge in [0.05, 0.1) is 15.3 Å². The van der Waals surface area contributed by atoms with E-state index in [4.69, 9.17) is 23.2 Å². The summed E-state index contributed by atoms with van der Waals surface area (Å²) in [5.74, 6) is 0. The first-order chi connectivity index (χ1) is 12.4. The Morgan fingerprint density at radius 2 is 2.00 bits per heavy atom. The third-order valence-electron chi connectivity index (χ3n) is 4.51. The maximum Gasteiger partial charge on any atom is 0.176 e. The smallest absolute Gasteiger partial charge is 0.176 e. The lowest BCUT2D eigenvalue weighted by Crippen LogP contribution is -2.10. The number of hydrogen-bond donors (Lipinski definition) is 0. The Labute approximate surface area is 166 Å². The normalized spacial score (nSPS) is 14.6. The van der Waals surface area contributed by atoms with Gasteiger partial charge in [-0.05, 0) is 43.5 Å². The van der Waals surface area contributed by atoms with Gasteiger partial charge in [-0.1, -0.05) is 35.0 Å². The minimum absolute atomic E-state index is 0.317. The molecule has 0 fully saturated rings. The highest BCUT2D eigenvalue weighted by atomic mass is 35.5. The van der Waals surface area contributed by atoms with E-state index >= 15 is 0 Å². The topological polar surface area (TPSA) is 52.0 Å². The Morgan fingerprint density at radius 3 is 2.73 bits per heavy atom. The summed E-state index contributed by atoms with van der Waals surface area (Å²) in [7, 11) is -3.38. The average molecular weight is 427 g/mol. The summed E-state index contributed by atoms with van der Waals surface area (Å²) < 4.78 is 26.9. The Bertz CT molecular complexity index is 1120. The summed E-state index contributed by atoms with van der Waals surface area (Å²) in [6.45, 7) is 0.848. The Kier molecular flexibility index (Phi) is 4.72. The minimum Gasteiger partial charge on any atom is -0.328 e. The van der Waals surface area contributed by atoms with Crippen molar-refractivity contribution in [3.63, 3.8) is 0 Å². The molecule has 3 heterocycles. The third kappa shape index (κ3) is 3.13. The molecule has 0 saturated carbocycles. The Hall–Kier alpha value is -1.21. The lowest BCUT2D eigenvalue weighted by molar-refractivity contribution is 0.535. The van der Waals surface area contributed by atoms with Gasteiger partial charge in [-0.3, -0.25) is 0 Å². The fraction of sp³-hybridized carbons (Fsp3) is 0.278. The first-order valence-electron chi connectivity index (χ1n) is 8.19. The van der Waals surface area contributed by atoms with Crippen molar-refractivity contribution in [1.82, 2.24) is 9.55 Å². The van der Waals surface area contributed by atoms with Crippen LogP contribution in [0.25, 0.3) is 11.0 Å². The van der Waals surface area contributed by atoms with Gasteiger partial charge in [0.1, 0.15) is 5.65 Å². The van der Waals surface area contributed by atoms with Crippen LogP contribution in [-0.2, 0) is 22.8 Å². The lowest BCUT2D eigenvalue weighted by atomic mass is 10.1. The van der Waals surface area contributed by atoms with Crippen molar-refractivity contribution in [3.8, 4) is 0 Å². The molecule has 0 bridgehead atoms. The van der Waals surface area contributed by atoms with Crippen LogP contribution in [-0.4, -0.2) is 24.2 Å².